The van der Waals surface area contributed by atoms with Crippen LogP contribution in [0.4, 0.5) is 4.79 Å². The lowest BCUT2D eigenvalue weighted by molar-refractivity contribution is -0.136. The van der Waals surface area contributed by atoms with E-state index >= 15 is 0 Å². The largest absolute Gasteiger partial charge is 0.480 e. The molecule has 0 saturated carbocycles. The molecular weight excluding hydrogens is 174 g/mol. The fourth-order valence-electron chi connectivity index (χ4n) is 0.462. The van der Waals surface area contributed by atoms with Gasteiger partial charge in [0.1, 0.15) is 12.1 Å². The maximum atomic E-state index is 10.8. The Hall–Kier alpha value is -1.26. The van der Waals surface area contributed by atoms with Crippen LogP contribution >= 0.6 is 0 Å². The number of aliphatic carboxylic acids is 1. The van der Waals surface area contributed by atoms with Gasteiger partial charge in [-0.15, -0.1) is 0 Å². The summed E-state index contributed by atoms with van der Waals surface area (Å²) in [4.78, 5) is 20.8. The number of hydrogen-bond acceptors (Lipinski definition) is 3. The number of carbonyl (C=O) groups excluding carboxylic acids is 1. The SMILES string of the molecule is C.CC(C)(C)OC(=O)NCC(=O)O. The van der Waals surface area contributed by atoms with Crippen LogP contribution in [0.1, 0.15) is 28.2 Å². The van der Waals surface area contributed by atoms with Crippen LogP contribution in [-0.2, 0) is 9.53 Å². The summed E-state index contributed by atoms with van der Waals surface area (Å²) in [5.74, 6) is -1.10. The van der Waals surface area contributed by atoms with E-state index in [1.807, 2.05) is 0 Å². The maximum absolute atomic E-state index is 10.8. The van der Waals surface area contributed by atoms with Crippen molar-refractivity contribution in [2.75, 3.05) is 6.54 Å². The van der Waals surface area contributed by atoms with E-state index in [0.29, 0.717) is 0 Å². The van der Waals surface area contributed by atoms with Gasteiger partial charge in [0.25, 0.3) is 0 Å². The van der Waals surface area contributed by atoms with Crippen molar-refractivity contribution in [2.45, 2.75) is 33.8 Å². The Bertz CT molecular complexity index is 183. The van der Waals surface area contributed by atoms with Gasteiger partial charge in [0.05, 0.1) is 0 Å². The minimum Gasteiger partial charge on any atom is -0.480 e. The quantitative estimate of drug-likeness (QED) is 0.688. The molecule has 0 radical (unpaired) electrons. The van der Waals surface area contributed by atoms with Gasteiger partial charge in [-0.1, -0.05) is 7.43 Å². The molecule has 5 nitrogen and oxygen atoms in total. The van der Waals surface area contributed by atoms with Gasteiger partial charge >= 0.3 is 12.1 Å². The Labute approximate surface area is 78.1 Å². The molecule has 78 valence electrons. The van der Waals surface area contributed by atoms with Gasteiger partial charge in [0.2, 0.25) is 0 Å². The second-order valence-electron chi connectivity index (χ2n) is 3.25. The van der Waals surface area contributed by atoms with E-state index in [2.05, 4.69) is 5.32 Å². The highest BCUT2D eigenvalue weighted by molar-refractivity contribution is 5.76. The highest BCUT2D eigenvalue weighted by Gasteiger charge is 2.15. The molecule has 0 fully saturated rings. The van der Waals surface area contributed by atoms with E-state index in [1.54, 1.807) is 20.8 Å². The molecule has 1 amide bonds. The molecule has 0 aliphatic rings. The van der Waals surface area contributed by atoms with Crippen LogP contribution in [0.25, 0.3) is 0 Å². The molecule has 0 aromatic rings. The van der Waals surface area contributed by atoms with Crippen LogP contribution in [0.15, 0.2) is 0 Å². The van der Waals surface area contributed by atoms with Gasteiger partial charge in [-0.2, -0.15) is 0 Å². The zero-order valence-electron chi connectivity index (χ0n) is 7.38. The molecule has 0 aliphatic heterocycles. The van der Waals surface area contributed by atoms with Crippen molar-refractivity contribution in [1.29, 1.82) is 0 Å². The molecule has 0 unspecified atom stereocenters. The molecule has 0 spiro atoms. The van der Waals surface area contributed by atoms with Crippen LogP contribution in [0.5, 0.6) is 0 Å². The van der Waals surface area contributed by atoms with Crippen LogP contribution in [0, 0.1) is 0 Å². The summed E-state index contributed by atoms with van der Waals surface area (Å²) in [6, 6.07) is 0. The summed E-state index contributed by atoms with van der Waals surface area (Å²) in [5, 5.41) is 10.3. The molecule has 0 bridgehead atoms. The summed E-state index contributed by atoms with van der Waals surface area (Å²) in [6.07, 6.45) is -0.718. The highest BCUT2D eigenvalue weighted by atomic mass is 16.6. The summed E-state index contributed by atoms with van der Waals surface area (Å²) in [7, 11) is 0. The van der Waals surface area contributed by atoms with Gasteiger partial charge in [0.15, 0.2) is 0 Å². The van der Waals surface area contributed by atoms with Crippen LogP contribution < -0.4 is 5.32 Å². The molecule has 0 aromatic heterocycles. The minimum atomic E-state index is -1.10. The van der Waals surface area contributed by atoms with Gasteiger partial charge in [-0.25, -0.2) is 4.79 Å². The number of hydrogen-bond donors (Lipinski definition) is 2. The number of ether oxygens (including phenoxy) is 1. The third-order valence-corrected chi connectivity index (χ3v) is 0.783. The zero-order chi connectivity index (χ0) is 9.78. The number of carboxylic acids is 1. The normalized spacial score (nSPS) is 9.77. The first-order valence-electron chi connectivity index (χ1n) is 3.50. The lowest BCUT2D eigenvalue weighted by Crippen LogP contribution is -2.35. The Morgan fingerprint density at radius 3 is 2.15 bits per heavy atom. The van der Waals surface area contributed by atoms with Crippen molar-refractivity contribution in [2.24, 2.45) is 0 Å². The average Bonchev–Trinajstić information content (AvgIpc) is 1.79. The lowest BCUT2D eigenvalue weighted by atomic mass is 10.2. The fraction of sp³-hybridized carbons (Fsp3) is 0.750. The zero-order valence-corrected chi connectivity index (χ0v) is 7.38. The van der Waals surface area contributed by atoms with Crippen LogP contribution in [0.2, 0.25) is 0 Å². The standard InChI is InChI=1S/C7H13NO4.CH4/c1-7(2,3)12-6(11)8-4-5(9)10;/h4H2,1-3H3,(H,8,11)(H,9,10);1H4. The summed E-state index contributed by atoms with van der Waals surface area (Å²) < 4.78 is 4.77. The van der Waals surface area contributed by atoms with Crippen LogP contribution in [-0.4, -0.2) is 29.3 Å². The van der Waals surface area contributed by atoms with Gasteiger partial charge in [0, 0.05) is 0 Å². The number of carboxylic acid groups (broad SMARTS) is 1. The Morgan fingerprint density at radius 2 is 1.85 bits per heavy atom. The summed E-state index contributed by atoms with van der Waals surface area (Å²) in [6.45, 7) is 4.68. The van der Waals surface area contributed by atoms with Gasteiger partial charge < -0.3 is 15.2 Å². The first kappa shape index (κ1) is 14.3. The maximum Gasteiger partial charge on any atom is 0.408 e. The molecule has 13 heavy (non-hydrogen) atoms. The summed E-state index contributed by atoms with van der Waals surface area (Å²) in [5.41, 5.74) is -0.595. The number of amides is 1. The molecule has 0 rings (SSSR count). The van der Waals surface area contributed by atoms with E-state index in [9.17, 15) is 9.59 Å². The molecule has 0 atom stereocenters. The van der Waals surface area contributed by atoms with Crippen molar-refractivity contribution in [3.8, 4) is 0 Å². The highest BCUT2D eigenvalue weighted by Crippen LogP contribution is 2.05. The second kappa shape index (κ2) is 5.40. The van der Waals surface area contributed by atoms with Crippen molar-refractivity contribution >= 4 is 12.1 Å². The summed E-state index contributed by atoms with van der Waals surface area (Å²) >= 11 is 0. The second-order valence-corrected chi connectivity index (χ2v) is 3.25. The molecule has 5 heteroatoms. The monoisotopic (exact) mass is 191 g/mol. The van der Waals surface area contributed by atoms with E-state index < -0.39 is 24.2 Å². The minimum absolute atomic E-state index is 0. The molecule has 2 N–H and O–H groups in total. The van der Waals surface area contributed by atoms with Gasteiger partial charge in [-0.3, -0.25) is 4.79 Å². The first-order valence-corrected chi connectivity index (χ1v) is 3.50. The third-order valence-electron chi connectivity index (χ3n) is 0.783. The Balaban J connectivity index is 0. The van der Waals surface area contributed by atoms with Crippen LogP contribution in [0.3, 0.4) is 0 Å². The topological polar surface area (TPSA) is 75.6 Å². The Kier molecular flexibility index (Phi) is 5.93. The smallest absolute Gasteiger partial charge is 0.408 e. The number of nitrogens with one attached hydrogen (secondary N) is 1. The average molecular weight is 191 g/mol. The van der Waals surface area contributed by atoms with E-state index in [0.717, 1.165) is 0 Å². The number of rotatable bonds is 2. The molecule has 0 heterocycles. The predicted molar refractivity (Wildman–Crippen MR) is 48.6 cm³/mol. The van der Waals surface area contributed by atoms with Crippen molar-refractivity contribution < 1.29 is 19.4 Å². The first-order chi connectivity index (χ1) is 5.31. The predicted octanol–water partition coefficient (Wildman–Crippen LogP) is 1.23. The lowest BCUT2D eigenvalue weighted by Gasteiger charge is -2.19. The van der Waals surface area contributed by atoms with Gasteiger partial charge in [-0.05, 0) is 20.8 Å². The van der Waals surface area contributed by atoms with E-state index in [1.165, 1.54) is 0 Å². The number of alkyl carbamates (subject to hydrolysis) is 1. The Morgan fingerprint density at radius 1 is 1.38 bits per heavy atom. The molecule has 0 saturated heterocycles. The number of carbonyl (C=O) groups is 2. The molecular formula is C8H17NO4. The third kappa shape index (κ3) is 10.7. The van der Waals surface area contributed by atoms with E-state index in [4.69, 9.17) is 9.84 Å². The van der Waals surface area contributed by atoms with Crippen molar-refractivity contribution in [3.63, 3.8) is 0 Å². The molecule has 0 aliphatic carbocycles. The van der Waals surface area contributed by atoms with E-state index in [-0.39, 0.29) is 7.43 Å². The molecule has 0 aromatic carbocycles. The van der Waals surface area contributed by atoms with Crippen molar-refractivity contribution in [1.82, 2.24) is 5.32 Å². The fourth-order valence-corrected chi connectivity index (χ4v) is 0.462. The van der Waals surface area contributed by atoms with Crippen molar-refractivity contribution in [3.05, 3.63) is 0 Å².